The van der Waals surface area contributed by atoms with Gasteiger partial charge in [0.05, 0.1) is 5.92 Å². The van der Waals surface area contributed by atoms with Crippen molar-refractivity contribution in [3.8, 4) is 0 Å². The molecule has 1 aliphatic rings. The summed E-state index contributed by atoms with van der Waals surface area (Å²) >= 11 is 0. The molecule has 1 aromatic carbocycles. The lowest BCUT2D eigenvalue weighted by atomic mass is 9.97. The van der Waals surface area contributed by atoms with E-state index < -0.39 is 0 Å². The predicted molar refractivity (Wildman–Crippen MR) is 95.6 cm³/mol. The van der Waals surface area contributed by atoms with Crippen molar-refractivity contribution in [1.29, 1.82) is 0 Å². The van der Waals surface area contributed by atoms with Gasteiger partial charge in [-0.1, -0.05) is 22.9 Å². The molecular weight excluding hydrogens is 316 g/mol. The molecule has 0 spiro atoms. The summed E-state index contributed by atoms with van der Waals surface area (Å²) in [6, 6.07) is 8.04. The van der Waals surface area contributed by atoms with Gasteiger partial charge in [-0.15, -0.1) is 0 Å². The van der Waals surface area contributed by atoms with E-state index in [1.807, 2.05) is 43.1 Å². The van der Waals surface area contributed by atoms with Crippen molar-refractivity contribution in [2.45, 2.75) is 45.1 Å². The van der Waals surface area contributed by atoms with Crippen LogP contribution < -0.4 is 5.32 Å². The highest BCUT2D eigenvalue weighted by molar-refractivity contribution is 5.94. The van der Waals surface area contributed by atoms with Crippen LogP contribution in [0.25, 0.3) is 0 Å². The van der Waals surface area contributed by atoms with E-state index in [0.717, 1.165) is 42.8 Å². The molecule has 3 rings (SSSR count). The van der Waals surface area contributed by atoms with Gasteiger partial charge in [-0.05, 0) is 45.9 Å². The number of likely N-dealkylation sites (tertiary alicyclic amines) is 1. The molecular formula is C19H26N4O2. The van der Waals surface area contributed by atoms with E-state index in [1.54, 1.807) is 0 Å². The zero-order chi connectivity index (χ0) is 17.8. The first-order valence-electron chi connectivity index (χ1n) is 8.92. The number of aryl methyl sites for hydroxylation is 1. The molecule has 2 atom stereocenters. The van der Waals surface area contributed by atoms with Crippen molar-refractivity contribution < 1.29 is 9.32 Å². The van der Waals surface area contributed by atoms with Crippen LogP contribution in [0.3, 0.4) is 0 Å². The molecule has 0 aliphatic carbocycles. The van der Waals surface area contributed by atoms with E-state index in [1.165, 1.54) is 0 Å². The molecule has 1 amide bonds. The number of hydrogen-bond acceptors (Lipinski definition) is 5. The van der Waals surface area contributed by atoms with Gasteiger partial charge in [0.2, 0.25) is 5.89 Å². The summed E-state index contributed by atoms with van der Waals surface area (Å²) in [7, 11) is 1.92. The second kappa shape index (κ2) is 7.78. The van der Waals surface area contributed by atoms with E-state index in [4.69, 9.17) is 4.52 Å². The minimum absolute atomic E-state index is 0.0771. The van der Waals surface area contributed by atoms with Crippen LogP contribution in [-0.4, -0.2) is 47.1 Å². The van der Waals surface area contributed by atoms with E-state index in [9.17, 15) is 4.79 Å². The summed E-state index contributed by atoms with van der Waals surface area (Å²) in [6.07, 6.45) is 2.66. The van der Waals surface area contributed by atoms with Gasteiger partial charge in [0, 0.05) is 31.1 Å². The second-order valence-electron chi connectivity index (χ2n) is 6.90. The number of nitrogens with zero attached hydrogens (tertiary/aromatic N) is 3. The van der Waals surface area contributed by atoms with Crippen molar-refractivity contribution in [2.75, 3.05) is 20.1 Å². The highest BCUT2D eigenvalue weighted by atomic mass is 16.5. The lowest BCUT2D eigenvalue weighted by Gasteiger charge is -2.31. The largest absolute Gasteiger partial charge is 0.339 e. The van der Waals surface area contributed by atoms with Crippen molar-refractivity contribution in [1.82, 2.24) is 20.4 Å². The van der Waals surface area contributed by atoms with Crippen molar-refractivity contribution in [3.05, 3.63) is 47.1 Å². The number of aromatic nitrogens is 2. The molecule has 6 heteroatoms. The van der Waals surface area contributed by atoms with Crippen LogP contribution in [0.5, 0.6) is 0 Å². The van der Waals surface area contributed by atoms with Gasteiger partial charge < -0.3 is 14.7 Å². The highest BCUT2D eigenvalue weighted by Gasteiger charge is 2.29. The minimum Gasteiger partial charge on any atom is -0.339 e. The Bertz CT molecular complexity index is 710. The number of benzene rings is 1. The number of likely N-dealkylation sites (N-methyl/N-ethyl adjacent to an activating group) is 1. The van der Waals surface area contributed by atoms with Crippen LogP contribution in [0.1, 0.15) is 53.3 Å². The fourth-order valence-electron chi connectivity index (χ4n) is 3.13. The summed E-state index contributed by atoms with van der Waals surface area (Å²) in [4.78, 5) is 19.2. The van der Waals surface area contributed by atoms with Crippen molar-refractivity contribution in [3.63, 3.8) is 0 Å². The summed E-state index contributed by atoms with van der Waals surface area (Å²) in [5.41, 5.74) is 1.89. The zero-order valence-electron chi connectivity index (χ0n) is 15.2. The number of rotatable bonds is 5. The molecule has 1 aliphatic heterocycles. The minimum atomic E-state index is 0.0771. The Morgan fingerprint density at radius 2 is 2.16 bits per heavy atom. The molecule has 0 radical (unpaired) electrons. The molecule has 1 aromatic heterocycles. The van der Waals surface area contributed by atoms with Gasteiger partial charge >= 0.3 is 0 Å². The Hall–Kier alpha value is -2.21. The van der Waals surface area contributed by atoms with Crippen LogP contribution in [-0.2, 0) is 6.42 Å². The van der Waals surface area contributed by atoms with Gasteiger partial charge in [-0.2, -0.15) is 4.98 Å². The lowest BCUT2D eigenvalue weighted by Crippen LogP contribution is -2.39. The van der Waals surface area contributed by atoms with Crippen LogP contribution in [0, 0.1) is 6.92 Å². The summed E-state index contributed by atoms with van der Waals surface area (Å²) in [5, 5.41) is 7.26. The Morgan fingerprint density at radius 1 is 1.40 bits per heavy atom. The maximum atomic E-state index is 12.7. The third kappa shape index (κ3) is 4.25. The molecule has 1 N–H and O–H groups in total. The Kier molecular flexibility index (Phi) is 5.48. The smallest absolute Gasteiger partial charge is 0.253 e. The monoisotopic (exact) mass is 342 g/mol. The molecule has 134 valence electrons. The third-order valence-corrected chi connectivity index (χ3v) is 4.82. The molecule has 1 saturated heterocycles. The number of carbonyl (C=O) groups excluding carboxylic acids is 1. The first-order chi connectivity index (χ1) is 12.1. The Labute approximate surface area is 148 Å². The first-order valence-corrected chi connectivity index (χ1v) is 8.92. The molecule has 1 fully saturated rings. The van der Waals surface area contributed by atoms with Gasteiger partial charge in [-0.3, -0.25) is 4.79 Å². The number of piperidine rings is 1. The van der Waals surface area contributed by atoms with Crippen molar-refractivity contribution in [2.24, 2.45) is 0 Å². The maximum Gasteiger partial charge on any atom is 0.253 e. The normalized spacial score (nSPS) is 19.0. The SMILES string of the molecule is CNC(C)Cc1noc(C2CCCN(C(=O)c3ccc(C)cc3)C2)n1. The Morgan fingerprint density at radius 3 is 2.88 bits per heavy atom. The summed E-state index contributed by atoms with van der Waals surface area (Å²) in [5.74, 6) is 1.57. The second-order valence-corrected chi connectivity index (χ2v) is 6.90. The number of hydrogen-bond donors (Lipinski definition) is 1. The number of nitrogens with one attached hydrogen (secondary N) is 1. The van der Waals surface area contributed by atoms with Crippen LogP contribution in [0.4, 0.5) is 0 Å². The van der Waals surface area contributed by atoms with Crippen LogP contribution in [0.2, 0.25) is 0 Å². The van der Waals surface area contributed by atoms with Gasteiger partial charge in [0.15, 0.2) is 5.82 Å². The van der Waals surface area contributed by atoms with Gasteiger partial charge in [-0.25, -0.2) is 0 Å². The van der Waals surface area contributed by atoms with E-state index in [2.05, 4.69) is 22.4 Å². The third-order valence-electron chi connectivity index (χ3n) is 4.82. The summed E-state index contributed by atoms with van der Waals surface area (Å²) < 4.78 is 5.47. The van der Waals surface area contributed by atoms with Crippen LogP contribution in [0.15, 0.2) is 28.8 Å². The number of carbonyl (C=O) groups is 1. The van der Waals surface area contributed by atoms with Gasteiger partial charge in [0.25, 0.3) is 5.91 Å². The Balaban J connectivity index is 1.66. The molecule has 2 aromatic rings. The molecule has 2 unspecified atom stereocenters. The maximum absolute atomic E-state index is 12.7. The lowest BCUT2D eigenvalue weighted by molar-refractivity contribution is 0.0695. The van der Waals surface area contributed by atoms with Gasteiger partial charge in [0.1, 0.15) is 0 Å². The average molecular weight is 342 g/mol. The standard InChI is InChI=1S/C19H26N4O2/c1-13-6-8-15(9-7-13)19(24)23-10-4-5-16(12-23)18-21-17(22-25-18)11-14(2)20-3/h6-9,14,16,20H,4-5,10-12H2,1-3H3. The molecule has 6 nitrogen and oxygen atoms in total. The quantitative estimate of drug-likeness (QED) is 0.904. The zero-order valence-corrected chi connectivity index (χ0v) is 15.2. The van der Waals surface area contributed by atoms with E-state index >= 15 is 0 Å². The molecule has 0 saturated carbocycles. The first kappa shape index (κ1) is 17.6. The predicted octanol–water partition coefficient (Wildman–Crippen LogP) is 2.55. The average Bonchev–Trinajstić information content (AvgIpc) is 3.10. The molecule has 0 bridgehead atoms. The molecule has 25 heavy (non-hydrogen) atoms. The van der Waals surface area contributed by atoms with Crippen LogP contribution >= 0.6 is 0 Å². The molecule has 2 heterocycles. The van der Waals surface area contributed by atoms with E-state index in [-0.39, 0.29) is 11.8 Å². The highest BCUT2D eigenvalue weighted by Crippen LogP contribution is 2.27. The number of amides is 1. The van der Waals surface area contributed by atoms with Crippen molar-refractivity contribution >= 4 is 5.91 Å². The fraction of sp³-hybridized carbons (Fsp3) is 0.526. The van der Waals surface area contributed by atoms with E-state index in [0.29, 0.717) is 18.5 Å². The topological polar surface area (TPSA) is 71.3 Å². The summed E-state index contributed by atoms with van der Waals surface area (Å²) in [6.45, 7) is 5.52. The fourth-order valence-corrected chi connectivity index (χ4v) is 3.13.